The van der Waals surface area contributed by atoms with Crippen molar-refractivity contribution in [3.8, 4) is 0 Å². The van der Waals surface area contributed by atoms with Gasteiger partial charge in [-0.1, -0.05) is 0 Å². The highest BCUT2D eigenvalue weighted by molar-refractivity contribution is 6.13. The molecule has 7 heteroatoms. The standard InChI is InChI=1S/C13H21N3O4/c1-6-19-12(17)11(13(18)20-7-2)10-8(3)14-16(5)15-9(10)4/h10-11H,6-7H2,1-5H3. The van der Waals surface area contributed by atoms with Crippen LogP contribution in [0.5, 0.6) is 0 Å². The maximum absolute atomic E-state index is 12.1. The molecule has 1 aliphatic rings. The molecule has 1 heterocycles. The molecule has 112 valence electrons. The van der Waals surface area contributed by atoms with E-state index < -0.39 is 23.8 Å². The van der Waals surface area contributed by atoms with Gasteiger partial charge in [0.25, 0.3) is 0 Å². The first kappa shape index (κ1) is 16.1. The van der Waals surface area contributed by atoms with Crippen LogP contribution in [0.25, 0.3) is 0 Å². The maximum Gasteiger partial charge on any atom is 0.321 e. The number of esters is 2. The van der Waals surface area contributed by atoms with Crippen molar-refractivity contribution < 1.29 is 19.1 Å². The van der Waals surface area contributed by atoms with Crippen LogP contribution in [-0.4, -0.2) is 48.7 Å². The molecule has 1 rings (SSSR count). The van der Waals surface area contributed by atoms with E-state index in [9.17, 15) is 9.59 Å². The lowest BCUT2D eigenvalue weighted by Gasteiger charge is -2.28. The third-order valence-electron chi connectivity index (χ3n) is 2.92. The number of hydrogen-bond acceptors (Lipinski definition) is 7. The van der Waals surface area contributed by atoms with E-state index >= 15 is 0 Å². The normalized spacial score (nSPS) is 15.8. The zero-order valence-electron chi connectivity index (χ0n) is 12.5. The number of carbonyl (C=O) groups excluding carboxylic acids is 2. The zero-order valence-corrected chi connectivity index (χ0v) is 12.5. The van der Waals surface area contributed by atoms with Gasteiger partial charge in [-0.15, -0.1) is 0 Å². The SMILES string of the molecule is CCOC(=O)C(C(=O)OCC)C1C(C)=NN(C)N=C1C. The summed E-state index contributed by atoms with van der Waals surface area (Å²) in [5, 5.41) is 9.75. The minimum absolute atomic E-state index is 0.202. The highest BCUT2D eigenvalue weighted by Crippen LogP contribution is 2.23. The van der Waals surface area contributed by atoms with Crippen LogP contribution >= 0.6 is 0 Å². The molecule has 0 saturated heterocycles. The first-order chi connectivity index (χ1) is 9.42. The molecule has 0 aromatic carbocycles. The van der Waals surface area contributed by atoms with Crippen LogP contribution in [0.4, 0.5) is 0 Å². The summed E-state index contributed by atoms with van der Waals surface area (Å²) in [6, 6.07) is 0. The topological polar surface area (TPSA) is 80.6 Å². The van der Waals surface area contributed by atoms with E-state index in [1.165, 1.54) is 5.12 Å². The summed E-state index contributed by atoms with van der Waals surface area (Å²) in [5.41, 5.74) is 1.26. The predicted octanol–water partition coefficient (Wildman–Crippen LogP) is 1.04. The lowest BCUT2D eigenvalue weighted by atomic mass is 9.84. The van der Waals surface area contributed by atoms with Crippen molar-refractivity contribution in [1.82, 2.24) is 5.12 Å². The van der Waals surface area contributed by atoms with E-state index in [-0.39, 0.29) is 13.2 Å². The first-order valence-electron chi connectivity index (χ1n) is 6.59. The second-order valence-electron chi connectivity index (χ2n) is 4.43. The second-order valence-corrected chi connectivity index (χ2v) is 4.43. The number of carbonyl (C=O) groups is 2. The third-order valence-corrected chi connectivity index (χ3v) is 2.92. The molecule has 0 radical (unpaired) electrons. The van der Waals surface area contributed by atoms with Crippen LogP contribution in [0.15, 0.2) is 10.2 Å². The molecule has 0 saturated carbocycles. The molecule has 0 amide bonds. The van der Waals surface area contributed by atoms with Crippen molar-refractivity contribution in [2.45, 2.75) is 27.7 Å². The largest absolute Gasteiger partial charge is 0.465 e. The first-order valence-corrected chi connectivity index (χ1v) is 6.59. The molecule has 20 heavy (non-hydrogen) atoms. The van der Waals surface area contributed by atoms with Gasteiger partial charge in [0.2, 0.25) is 0 Å². The Morgan fingerprint density at radius 1 is 1.10 bits per heavy atom. The summed E-state index contributed by atoms with van der Waals surface area (Å²) in [6.07, 6.45) is 0. The Hall–Kier alpha value is -1.92. The van der Waals surface area contributed by atoms with Crippen LogP contribution in [0, 0.1) is 11.8 Å². The quantitative estimate of drug-likeness (QED) is 0.556. The van der Waals surface area contributed by atoms with Gasteiger partial charge in [-0.25, -0.2) is 0 Å². The molecule has 0 spiro atoms. The van der Waals surface area contributed by atoms with E-state index in [1.54, 1.807) is 34.7 Å². The van der Waals surface area contributed by atoms with Crippen LogP contribution in [-0.2, 0) is 19.1 Å². The molecule has 0 aliphatic carbocycles. The summed E-state index contributed by atoms with van der Waals surface area (Å²) >= 11 is 0. The number of nitrogens with zero attached hydrogens (tertiary/aromatic N) is 3. The molecule has 0 unspecified atom stereocenters. The van der Waals surface area contributed by atoms with Gasteiger partial charge in [-0.3, -0.25) is 9.59 Å². The molecule has 0 N–H and O–H groups in total. The molecule has 7 nitrogen and oxygen atoms in total. The summed E-state index contributed by atoms with van der Waals surface area (Å²) in [5.74, 6) is -2.80. The van der Waals surface area contributed by atoms with Crippen molar-refractivity contribution in [2.24, 2.45) is 22.0 Å². The Morgan fingerprint density at radius 3 is 1.85 bits per heavy atom. The Bertz CT molecular complexity index is 407. The third kappa shape index (κ3) is 3.55. The number of hydrogen-bond donors (Lipinski definition) is 0. The molecular weight excluding hydrogens is 262 g/mol. The number of hydrazone groups is 2. The van der Waals surface area contributed by atoms with Crippen molar-refractivity contribution in [1.29, 1.82) is 0 Å². The van der Waals surface area contributed by atoms with Gasteiger partial charge >= 0.3 is 11.9 Å². The Balaban J connectivity index is 3.10. The van der Waals surface area contributed by atoms with Crippen LogP contribution in [0.3, 0.4) is 0 Å². The minimum Gasteiger partial charge on any atom is -0.465 e. The number of ether oxygens (including phenoxy) is 2. The van der Waals surface area contributed by atoms with Crippen molar-refractivity contribution in [3.05, 3.63) is 0 Å². The average molecular weight is 283 g/mol. The smallest absolute Gasteiger partial charge is 0.321 e. The van der Waals surface area contributed by atoms with Crippen molar-refractivity contribution in [2.75, 3.05) is 20.3 Å². The van der Waals surface area contributed by atoms with Gasteiger partial charge in [0.15, 0.2) is 5.92 Å². The van der Waals surface area contributed by atoms with E-state index in [2.05, 4.69) is 10.2 Å². The Kier molecular flexibility index (Phi) is 5.66. The Morgan fingerprint density at radius 2 is 1.50 bits per heavy atom. The molecule has 0 aromatic rings. The van der Waals surface area contributed by atoms with Crippen LogP contribution in [0.1, 0.15) is 27.7 Å². The van der Waals surface area contributed by atoms with E-state index in [0.29, 0.717) is 11.4 Å². The van der Waals surface area contributed by atoms with Gasteiger partial charge in [0.1, 0.15) is 0 Å². The predicted molar refractivity (Wildman–Crippen MR) is 74.2 cm³/mol. The molecule has 0 fully saturated rings. The number of rotatable bonds is 5. The summed E-state index contributed by atoms with van der Waals surface area (Å²) < 4.78 is 9.97. The van der Waals surface area contributed by atoms with Crippen LogP contribution in [0.2, 0.25) is 0 Å². The van der Waals surface area contributed by atoms with Gasteiger partial charge in [0.05, 0.1) is 19.1 Å². The van der Waals surface area contributed by atoms with Gasteiger partial charge in [-0.05, 0) is 27.7 Å². The van der Waals surface area contributed by atoms with Gasteiger partial charge < -0.3 is 9.47 Å². The zero-order chi connectivity index (χ0) is 15.3. The van der Waals surface area contributed by atoms with E-state index in [1.807, 2.05) is 0 Å². The van der Waals surface area contributed by atoms with E-state index in [4.69, 9.17) is 9.47 Å². The molecular formula is C13H21N3O4. The van der Waals surface area contributed by atoms with Crippen molar-refractivity contribution in [3.63, 3.8) is 0 Å². The van der Waals surface area contributed by atoms with E-state index in [0.717, 1.165) is 0 Å². The van der Waals surface area contributed by atoms with Crippen LogP contribution < -0.4 is 0 Å². The van der Waals surface area contributed by atoms with Crippen molar-refractivity contribution >= 4 is 23.4 Å². The fraction of sp³-hybridized carbons (Fsp3) is 0.692. The highest BCUT2D eigenvalue weighted by atomic mass is 16.6. The summed E-state index contributed by atoms with van der Waals surface area (Å²) in [4.78, 5) is 24.2. The second kappa shape index (κ2) is 7.02. The summed E-state index contributed by atoms with van der Waals surface area (Å²) in [7, 11) is 1.69. The average Bonchev–Trinajstić information content (AvgIpc) is 2.33. The molecule has 0 aromatic heterocycles. The monoisotopic (exact) mass is 283 g/mol. The Labute approximate surface area is 118 Å². The lowest BCUT2D eigenvalue weighted by molar-refractivity contribution is -0.162. The summed E-state index contributed by atoms with van der Waals surface area (Å²) in [6.45, 7) is 7.30. The molecule has 1 aliphatic heterocycles. The fourth-order valence-electron chi connectivity index (χ4n) is 2.22. The molecule has 0 atom stereocenters. The fourth-order valence-corrected chi connectivity index (χ4v) is 2.22. The van der Waals surface area contributed by atoms with Gasteiger partial charge in [0, 0.05) is 18.5 Å². The molecule has 0 bridgehead atoms. The maximum atomic E-state index is 12.1. The van der Waals surface area contributed by atoms with Gasteiger partial charge in [-0.2, -0.15) is 15.3 Å². The minimum atomic E-state index is -1.06. The highest BCUT2D eigenvalue weighted by Gasteiger charge is 2.42. The lowest BCUT2D eigenvalue weighted by Crippen LogP contribution is -2.43.